The Kier molecular flexibility index (Phi) is 6.19. The lowest BCUT2D eigenvalue weighted by molar-refractivity contribution is 0.248. The Morgan fingerprint density at radius 3 is 2.44 bits per heavy atom. The van der Waals surface area contributed by atoms with Gasteiger partial charge in [-0.3, -0.25) is 0 Å². The molecular weight excluding hydrogens is 488 g/mol. The summed E-state index contributed by atoms with van der Waals surface area (Å²) in [5.74, 6) is -0.383. The number of rotatable bonds is 6. The molecule has 184 valence electrons. The fourth-order valence-electron chi connectivity index (χ4n) is 4.26. The molecule has 5 rings (SSSR count). The van der Waals surface area contributed by atoms with Gasteiger partial charge in [0.2, 0.25) is 0 Å². The van der Waals surface area contributed by atoms with Crippen LogP contribution < -0.4 is 4.74 Å². The van der Waals surface area contributed by atoms with E-state index < -0.39 is 24.3 Å². The zero-order valence-corrected chi connectivity index (χ0v) is 20.5. The summed E-state index contributed by atoms with van der Waals surface area (Å²) in [7, 11) is 1.58. The number of aliphatic hydroxyl groups excluding tert-OH is 1. The summed E-state index contributed by atoms with van der Waals surface area (Å²) in [5.41, 5.74) is 3.74. The summed E-state index contributed by atoms with van der Waals surface area (Å²) >= 11 is 6.44. The van der Waals surface area contributed by atoms with Crippen molar-refractivity contribution in [3.8, 4) is 34.1 Å². The number of hydrogen-bond donors (Lipinski definition) is 1. The molecule has 3 aromatic rings. The lowest BCUT2D eigenvalue weighted by Crippen LogP contribution is -2.18. The molecule has 7 nitrogen and oxygen atoms in total. The van der Waals surface area contributed by atoms with E-state index in [0.29, 0.717) is 27.9 Å². The van der Waals surface area contributed by atoms with Crippen molar-refractivity contribution in [1.82, 2.24) is 24.3 Å². The highest BCUT2D eigenvalue weighted by Crippen LogP contribution is 2.38. The van der Waals surface area contributed by atoms with E-state index in [2.05, 4.69) is 15.2 Å². The molecule has 2 aromatic carbocycles. The molecule has 1 unspecified atom stereocenters. The molecule has 0 saturated heterocycles. The second-order valence-corrected chi connectivity index (χ2v) is 8.90. The molecule has 1 aromatic heterocycles. The topological polar surface area (TPSA) is 78.0 Å². The minimum atomic E-state index is -0.832. The van der Waals surface area contributed by atoms with Crippen molar-refractivity contribution in [3.63, 3.8) is 0 Å². The number of methoxy groups -OCH3 is 1. The third kappa shape index (κ3) is 4.10. The first kappa shape index (κ1) is 23.9. The fourth-order valence-corrected chi connectivity index (χ4v) is 4.47. The first-order chi connectivity index (χ1) is 17.3. The van der Waals surface area contributed by atoms with Crippen LogP contribution in [0.2, 0.25) is 5.02 Å². The molecule has 1 N–H and O–H groups in total. The molecule has 2 aliphatic rings. The lowest BCUT2D eigenvalue weighted by atomic mass is 10.0. The van der Waals surface area contributed by atoms with Gasteiger partial charge >= 0.3 is 0 Å². The van der Waals surface area contributed by atoms with Crippen LogP contribution in [0.15, 0.2) is 55.1 Å². The Bertz CT molecular complexity index is 1520. The largest absolute Gasteiger partial charge is 0.495 e. The maximum absolute atomic E-state index is 14.3. The van der Waals surface area contributed by atoms with Gasteiger partial charge < -0.3 is 19.0 Å². The van der Waals surface area contributed by atoms with Crippen LogP contribution in [0.25, 0.3) is 28.3 Å². The zero-order valence-electron chi connectivity index (χ0n) is 19.7. The van der Waals surface area contributed by atoms with Crippen molar-refractivity contribution in [2.45, 2.75) is 19.9 Å². The molecule has 2 aliphatic heterocycles. The maximum Gasteiger partial charge on any atom is 0.165 e. The van der Waals surface area contributed by atoms with E-state index in [1.165, 1.54) is 19.1 Å². The first-order valence-corrected chi connectivity index (χ1v) is 11.5. The van der Waals surface area contributed by atoms with Crippen molar-refractivity contribution in [1.29, 1.82) is 0 Å². The quantitative estimate of drug-likeness (QED) is 0.333. The molecule has 3 heterocycles. The van der Waals surface area contributed by atoms with E-state index in [9.17, 15) is 13.9 Å². The lowest BCUT2D eigenvalue weighted by Gasteiger charge is -2.22. The maximum atomic E-state index is 14.3. The van der Waals surface area contributed by atoms with Crippen molar-refractivity contribution >= 4 is 11.6 Å². The van der Waals surface area contributed by atoms with E-state index >= 15 is 0 Å². The molecule has 0 amide bonds. The van der Waals surface area contributed by atoms with Crippen LogP contribution >= 0.6 is 11.6 Å². The molecule has 36 heavy (non-hydrogen) atoms. The smallest absolute Gasteiger partial charge is 0.165 e. The third-order valence-corrected chi connectivity index (χ3v) is 6.38. The number of aryl methyl sites for hydroxylation is 1. The van der Waals surface area contributed by atoms with Gasteiger partial charge in [-0.25, -0.2) is 13.8 Å². The SMILES string of the molecule is COc1cc(-c2nnc3n(C(CO)c4cc(F)c(C)c(F)c4)cc(Cl)cc2-3)ccc1-n1cnc(C)c1. The van der Waals surface area contributed by atoms with Gasteiger partial charge in [-0.05, 0) is 49.7 Å². The predicted molar refractivity (Wildman–Crippen MR) is 132 cm³/mol. The van der Waals surface area contributed by atoms with Crippen LogP contribution in [0.3, 0.4) is 0 Å². The molecule has 0 spiro atoms. The highest BCUT2D eigenvalue weighted by molar-refractivity contribution is 6.30. The van der Waals surface area contributed by atoms with E-state index in [1.807, 2.05) is 35.9 Å². The van der Waals surface area contributed by atoms with Gasteiger partial charge in [0.1, 0.15) is 23.1 Å². The number of fused-ring (bicyclic) bond motifs is 1. The van der Waals surface area contributed by atoms with Gasteiger partial charge in [0.05, 0.1) is 42.5 Å². The van der Waals surface area contributed by atoms with Crippen LogP contribution in [0.4, 0.5) is 8.78 Å². The van der Waals surface area contributed by atoms with Gasteiger partial charge in [0.15, 0.2) is 5.82 Å². The molecule has 0 fully saturated rings. The molecular formula is C26H22ClF2N5O2. The van der Waals surface area contributed by atoms with E-state index in [0.717, 1.165) is 16.9 Å². The van der Waals surface area contributed by atoms with Crippen LogP contribution in [-0.4, -0.2) is 43.1 Å². The highest BCUT2D eigenvalue weighted by atomic mass is 35.5. The Morgan fingerprint density at radius 1 is 1.06 bits per heavy atom. The Labute approximate surface area is 210 Å². The van der Waals surface area contributed by atoms with E-state index in [4.69, 9.17) is 16.3 Å². The molecule has 0 radical (unpaired) electrons. The zero-order chi connectivity index (χ0) is 25.6. The standard InChI is InChI=1S/C26H22ClF2N5O2/c1-14-10-33(13-30-14)22-5-4-16(8-24(22)36-3)25-19-9-18(27)11-34(26(19)32-31-25)23(12-35)17-6-20(28)15(2)21(29)7-17/h4-11,13,23,35H,12H2,1-3H3. The Hall–Kier alpha value is -3.82. The van der Waals surface area contributed by atoms with Gasteiger partial charge in [0.25, 0.3) is 0 Å². The molecule has 0 bridgehead atoms. The minimum Gasteiger partial charge on any atom is -0.495 e. The minimum absolute atomic E-state index is 0.0877. The number of benzene rings is 2. The van der Waals surface area contributed by atoms with Crippen molar-refractivity contribution in [3.05, 3.63) is 88.6 Å². The van der Waals surface area contributed by atoms with Crippen molar-refractivity contribution in [2.24, 2.45) is 0 Å². The monoisotopic (exact) mass is 509 g/mol. The summed E-state index contributed by atoms with van der Waals surface area (Å²) < 4.78 is 37.7. The number of ether oxygens (including phenoxy) is 1. The highest BCUT2D eigenvalue weighted by Gasteiger charge is 2.25. The molecule has 0 aliphatic carbocycles. The number of nitrogens with zero attached hydrogens (tertiary/aromatic N) is 5. The first-order valence-electron chi connectivity index (χ1n) is 11.1. The van der Waals surface area contributed by atoms with Gasteiger partial charge in [0, 0.05) is 29.1 Å². The van der Waals surface area contributed by atoms with Crippen molar-refractivity contribution < 1.29 is 18.6 Å². The predicted octanol–water partition coefficient (Wildman–Crippen LogP) is 5.37. The Morgan fingerprint density at radius 2 is 1.81 bits per heavy atom. The van der Waals surface area contributed by atoms with Gasteiger partial charge in [-0.15, -0.1) is 10.2 Å². The number of hydrogen-bond acceptors (Lipinski definition) is 5. The normalized spacial score (nSPS) is 12.3. The molecule has 10 heteroatoms. The van der Waals surface area contributed by atoms with Crippen molar-refractivity contribution in [2.75, 3.05) is 13.7 Å². The number of halogens is 3. The second-order valence-electron chi connectivity index (χ2n) is 8.47. The number of aromatic nitrogens is 5. The van der Waals surface area contributed by atoms with Crippen LogP contribution in [0.1, 0.15) is 22.9 Å². The summed E-state index contributed by atoms with van der Waals surface area (Å²) in [4.78, 5) is 4.27. The average Bonchev–Trinajstić information content (AvgIpc) is 3.48. The van der Waals surface area contributed by atoms with Gasteiger partial charge in [-0.2, -0.15) is 0 Å². The van der Waals surface area contributed by atoms with Crippen LogP contribution in [0.5, 0.6) is 5.75 Å². The van der Waals surface area contributed by atoms with Gasteiger partial charge in [-0.1, -0.05) is 17.7 Å². The summed E-state index contributed by atoms with van der Waals surface area (Å²) in [6, 6.07) is 8.91. The van der Waals surface area contributed by atoms with E-state index in [-0.39, 0.29) is 11.1 Å². The molecule has 0 saturated carbocycles. The number of pyridine rings is 1. The third-order valence-electron chi connectivity index (χ3n) is 6.17. The summed E-state index contributed by atoms with van der Waals surface area (Å²) in [6.45, 7) is 2.83. The summed E-state index contributed by atoms with van der Waals surface area (Å²) in [6.07, 6.45) is 5.16. The summed E-state index contributed by atoms with van der Waals surface area (Å²) in [5, 5.41) is 19.2. The fraction of sp³-hybridized carbons (Fsp3) is 0.192. The second kappa shape index (κ2) is 9.33. The van der Waals surface area contributed by atoms with Crippen LogP contribution in [0, 0.1) is 25.5 Å². The number of imidazole rings is 1. The average molecular weight is 510 g/mol. The molecule has 1 atom stereocenters. The van der Waals surface area contributed by atoms with E-state index in [1.54, 1.807) is 30.3 Å². The Balaban J connectivity index is 1.59. The van der Waals surface area contributed by atoms with Crippen LogP contribution in [-0.2, 0) is 0 Å². The number of aliphatic hydroxyl groups is 1.